The summed E-state index contributed by atoms with van der Waals surface area (Å²) in [7, 11) is 0. The van der Waals surface area contributed by atoms with Crippen LogP contribution in [0.4, 0.5) is 4.39 Å². The number of carbonyl (C=O) groups is 2. The fourth-order valence-electron chi connectivity index (χ4n) is 6.62. The van der Waals surface area contributed by atoms with Crippen molar-refractivity contribution in [1.82, 2.24) is 9.80 Å². The van der Waals surface area contributed by atoms with Crippen molar-refractivity contribution in [1.29, 1.82) is 0 Å². The van der Waals surface area contributed by atoms with Crippen molar-refractivity contribution in [2.24, 2.45) is 10.8 Å². The molecule has 1 saturated carbocycles. The highest BCUT2D eigenvalue weighted by Crippen LogP contribution is 2.53. The van der Waals surface area contributed by atoms with Crippen molar-refractivity contribution in [2.45, 2.75) is 64.4 Å². The van der Waals surface area contributed by atoms with Crippen LogP contribution in [0.25, 0.3) is 0 Å². The molecule has 2 saturated heterocycles. The highest BCUT2D eigenvalue weighted by Gasteiger charge is 2.53. The van der Waals surface area contributed by atoms with E-state index < -0.39 is 11.4 Å². The lowest BCUT2D eigenvalue weighted by Gasteiger charge is -2.39. The summed E-state index contributed by atoms with van der Waals surface area (Å²) in [5.41, 5.74) is 2.68. The first kappa shape index (κ1) is 23.4. The van der Waals surface area contributed by atoms with Crippen LogP contribution in [0, 0.1) is 23.6 Å². The van der Waals surface area contributed by atoms with E-state index >= 15 is 0 Å². The van der Waals surface area contributed by atoms with Crippen LogP contribution in [0.2, 0.25) is 0 Å². The van der Waals surface area contributed by atoms with Crippen LogP contribution >= 0.6 is 11.8 Å². The number of hydrogen-bond donors (Lipinski definition) is 0. The topological polar surface area (TPSA) is 40.6 Å². The summed E-state index contributed by atoms with van der Waals surface area (Å²) < 4.78 is 14.1. The summed E-state index contributed by atoms with van der Waals surface area (Å²) in [6.45, 7) is 9.62. The lowest BCUT2D eigenvalue weighted by molar-refractivity contribution is -0.136. The maximum Gasteiger partial charge on any atom is 0.255 e. The number of halogens is 1. The number of amides is 2. The van der Waals surface area contributed by atoms with Crippen molar-refractivity contribution in [3.05, 3.63) is 71.0 Å². The van der Waals surface area contributed by atoms with Crippen LogP contribution in [0.3, 0.4) is 0 Å². The predicted octanol–water partition coefficient (Wildman–Crippen LogP) is 5.82. The molecule has 34 heavy (non-hydrogen) atoms. The van der Waals surface area contributed by atoms with E-state index in [-0.39, 0.29) is 34.5 Å². The van der Waals surface area contributed by atoms with Crippen molar-refractivity contribution < 1.29 is 14.0 Å². The minimum atomic E-state index is -0.557. The number of carbonyl (C=O) groups excluding carboxylic acids is 2. The van der Waals surface area contributed by atoms with Crippen molar-refractivity contribution in [3.63, 3.8) is 0 Å². The molecule has 4 nitrogen and oxygen atoms in total. The molecule has 3 fully saturated rings. The quantitative estimate of drug-likeness (QED) is 0.556. The fourth-order valence-corrected chi connectivity index (χ4v) is 8.03. The summed E-state index contributed by atoms with van der Waals surface area (Å²) in [5.74, 6) is 0.0460. The van der Waals surface area contributed by atoms with Gasteiger partial charge in [0, 0.05) is 23.9 Å². The van der Waals surface area contributed by atoms with E-state index in [1.165, 1.54) is 12.1 Å². The van der Waals surface area contributed by atoms with E-state index in [2.05, 4.69) is 25.7 Å². The third kappa shape index (κ3) is 4.26. The SMILES string of the molecule is Cc1ccc(C(=O)N2C(C(=O)N3CC4(C)CC3CC(C)(C)C4)CSC2c2cccc(F)c2)cc1. The molecular formula is C28H33FN2O2S. The highest BCUT2D eigenvalue weighted by molar-refractivity contribution is 7.99. The van der Waals surface area contributed by atoms with E-state index in [1.54, 1.807) is 22.7 Å². The van der Waals surface area contributed by atoms with E-state index in [0.717, 1.165) is 31.4 Å². The second-order valence-corrected chi connectivity index (χ2v) is 12.6. The zero-order valence-electron chi connectivity index (χ0n) is 20.4. The third-order valence-corrected chi connectivity index (χ3v) is 8.97. The highest BCUT2D eigenvalue weighted by atomic mass is 32.2. The molecule has 2 amide bonds. The Morgan fingerprint density at radius 1 is 1.06 bits per heavy atom. The van der Waals surface area contributed by atoms with Crippen molar-refractivity contribution in [2.75, 3.05) is 12.3 Å². The van der Waals surface area contributed by atoms with Crippen LogP contribution in [0.5, 0.6) is 0 Å². The Kier molecular flexibility index (Phi) is 5.78. The van der Waals surface area contributed by atoms with Crippen LogP contribution in [0.15, 0.2) is 48.5 Å². The number of likely N-dealkylation sites (tertiary alicyclic amines) is 1. The van der Waals surface area contributed by atoms with Crippen LogP contribution in [-0.4, -0.2) is 46.0 Å². The standard InChI is InChI=1S/C28H33FN2O2S/c1-18-8-10-19(11-9-18)24(32)31-23(15-34-26(31)20-6-5-7-21(29)12-20)25(33)30-17-28(4)14-22(30)13-27(2,3)16-28/h5-12,22-23,26H,13-17H2,1-4H3. The van der Waals surface area contributed by atoms with Gasteiger partial charge in [0.1, 0.15) is 17.2 Å². The summed E-state index contributed by atoms with van der Waals surface area (Å²) >= 11 is 1.55. The number of thioether (sulfide) groups is 1. The molecule has 2 bridgehead atoms. The van der Waals surface area contributed by atoms with Crippen molar-refractivity contribution >= 4 is 23.6 Å². The molecule has 180 valence electrons. The van der Waals surface area contributed by atoms with Gasteiger partial charge in [0.15, 0.2) is 0 Å². The molecule has 6 heteroatoms. The molecule has 4 atom stereocenters. The Morgan fingerprint density at radius 3 is 2.50 bits per heavy atom. The Bertz CT molecular complexity index is 1120. The largest absolute Gasteiger partial charge is 0.337 e. The first-order valence-electron chi connectivity index (χ1n) is 12.1. The van der Waals surface area contributed by atoms with Crippen LogP contribution < -0.4 is 0 Å². The molecule has 4 unspecified atom stereocenters. The summed E-state index contributed by atoms with van der Waals surface area (Å²) in [4.78, 5) is 31.6. The molecule has 2 aromatic carbocycles. The van der Waals surface area contributed by atoms with Crippen LogP contribution in [-0.2, 0) is 4.79 Å². The first-order chi connectivity index (χ1) is 16.1. The number of nitrogens with zero attached hydrogens (tertiary/aromatic N) is 2. The minimum Gasteiger partial charge on any atom is -0.337 e. The number of rotatable bonds is 3. The van der Waals surface area contributed by atoms with E-state index in [1.807, 2.05) is 37.3 Å². The first-order valence-corrected chi connectivity index (χ1v) is 13.2. The van der Waals surface area contributed by atoms with Gasteiger partial charge in [-0.25, -0.2) is 4.39 Å². The van der Waals surface area contributed by atoms with Gasteiger partial charge in [0.2, 0.25) is 5.91 Å². The second-order valence-electron chi connectivity index (χ2n) is 11.5. The smallest absolute Gasteiger partial charge is 0.255 e. The lowest BCUT2D eigenvalue weighted by Crippen LogP contribution is -2.51. The molecule has 0 spiro atoms. The third-order valence-electron chi connectivity index (χ3n) is 7.65. The molecule has 0 radical (unpaired) electrons. The number of hydrogen-bond acceptors (Lipinski definition) is 3. The molecule has 0 N–H and O–H groups in total. The van der Waals surface area contributed by atoms with E-state index in [4.69, 9.17) is 0 Å². The monoisotopic (exact) mass is 480 g/mol. The molecular weight excluding hydrogens is 447 g/mol. The fraction of sp³-hybridized carbons (Fsp3) is 0.500. The van der Waals surface area contributed by atoms with Gasteiger partial charge in [-0.2, -0.15) is 0 Å². The summed E-state index contributed by atoms with van der Waals surface area (Å²) in [5, 5.41) is -0.396. The van der Waals surface area contributed by atoms with Gasteiger partial charge in [0.25, 0.3) is 5.91 Å². The zero-order valence-corrected chi connectivity index (χ0v) is 21.2. The molecule has 0 aromatic heterocycles. The maximum absolute atomic E-state index is 14.1. The number of aryl methyl sites for hydroxylation is 1. The van der Waals surface area contributed by atoms with Gasteiger partial charge in [-0.15, -0.1) is 11.8 Å². The maximum atomic E-state index is 14.1. The Balaban J connectivity index is 1.48. The Hall–Kier alpha value is -2.34. The lowest BCUT2D eigenvalue weighted by atomic mass is 9.65. The zero-order chi connectivity index (χ0) is 24.3. The predicted molar refractivity (Wildman–Crippen MR) is 134 cm³/mol. The molecule has 2 aromatic rings. The van der Waals surface area contributed by atoms with E-state index in [0.29, 0.717) is 16.9 Å². The van der Waals surface area contributed by atoms with Gasteiger partial charge >= 0.3 is 0 Å². The van der Waals surface area contributed by atoms with Gasteiger partial charge < -0.3 is 9.80 Å². The average Bonchev–Trinajstić information content (AvgIpc) is 3.31. The molecule has 2 aliphatic heterocycles. The van der Waals surface area contributed by atoms with Gasteiger partial charge in [0.05, 0.1) is 0 Å². The minimum absolute atomic E-state index is 0.0401. The number of fused-ring (bicyclic) bond motifs is 2. The van der Waals surface area contributed by atoms with Crippen LogP contribution in [0.1, 0.15) is 66.9 Å². The van der Waals surface area contributed by atoms with Gasteiger partial charge in [-0.05, 0) is 66.8 Å². The number of benzene rings is 2. The van der Waals surface area contributed by atoms with Crippen molar-refractivity contribution in [3.8, 4) is 0 Å². The molecule has 1 aliphatic carbocycles. The van der Waals surface area contributed by atoms with E-state index in [9.17, 15) is 14.0 Å². The van der Waals surface area contributed by atoms with Gasteiger partial charge in [-0.1, -0.05) is 50.6 Å². The Morgan fingerprint density at radius 2 is 1.79 bits per heavy atom. The summed E-state index contributed by atoms with van der Waals surface area (Å²) in [6, 6.07) is 13.5. The average molecular weight is 481 g/mol. The Labute approximate surface area is 205 Å². The van der Waals surface area contributed by atoms with Gasteiger partial charge in [-0.3, -0.25) is 9.59 Å². The second kappa shape index (κ2) is 8.40. The normalized spacial score (nSPS) is 30.0. The summed E-state index contributed by atoms with van der Waals surface area (Å²) in [6.07, 6.45) is 3.13. The molecule has 2 heterocycles. The molecule has 5 rings (SSSR count). The molecule has 3 aliphatic rings.